The van der Waals surface area contributed by atoms with E-state index in [9.17, 15) is 18.3 Å². The van der Waals surface area contributed by atoms with E-state index >= 15 is 0 Å². The Morgan fingerprint density at radius 2 is 2.00 bits per heavy atom. The molecule has 0 aromatic heterocycles. The fraction of sp³-hybridized carbons (Fsp3) is 0.538. The minimum absolute atomic E-state index is 0.0789. The predicted molar refractivity (Wildman–Crippen MR) is 63.5 cm³/mol. The predicted octanol–water partition coefficient (Wildman–Crippen LogP) is 1.81. The quantitative estimate of drug-likeness (QED) is 0.913. The van der Waals surface area contributed by atoms with E-state index < -0.39 is 18.4 Å². The Balaban J connectivity index is 1.94. The zero-order valence-electron chi connectivity index (χ0n) is 10.3. The molecule has 19 heavy (non-hydrogen) atoms. The molecule has 1 heterocycles. The Labute approximate surface area is 109 Å². The Hall–Kier alpha value is -1.11. The van der Waals surface area contributed by atoms with Gasteiger partial charge in [0.05, 0.1) is 6.61 Å². The molecule has 3 nitrogen and oxygen atoms in total. The summed E-state index contributed by atoms with van der Waals surface area (Å²) in [5.74, 6) is 0. The topological polar surface area (TPSA) is 32.7 Å². The van der Waals surface area contributed by atoms with Gasteiger partial charge in [0.25, 0.3) is 0 Å². The summed E-state index contributed by atoms with van der Waals surface area (Å²) >= 11 is 0. The number of halogens is 3. The van der Waals surface area contributed by atoms with Gasteiger partial charge in [-0.1, -0.05) is 30.3 Å². The van der Waals surface area contributed by atoms with Gasteiger partial charge in [-0.2, -0.15) is 13.2 Å². The van der Waals surface area contributed by atoms with Crippen molar-refractivity contribution in [2.45, 2.75) is 24.9 Å². The summed E-state index contributed by atoms with van der Waals surface area (Å²) in [7, 11) is 0. The molecule has 2 atom stereocenters. The van der Waals surface area contributed by atoms with Crippen molar-refractivity contribution in [3.05, 3.63) is 35.9 Å². The average molecular weight is 275 g/mol. The third kappa shape index (κ3) is 3.92. The summed E-state index contributed by atoms with van der Waals surface area (Å²) in [6, 6.07) is 9.50. The first-order valence-corrected chi connectivity index (χ1v) is 6.09. The molecule has 1 aromatic carbocycles. The molecule has 6 heteroatoms. The van der Waals surface area contributed by atoms with Crippen LogP contribution in [0.4, 0.5) is 13.2 Å². The van der Waals surface area contributed by atoms with Crippen molar-refractivity contribution in [1.29, 1.82) is 0 Å². The third-order valence-corrected chi connectivity index (χ3v) is 3.11. The molecule has 1 aliphatic rings. The number of ether oxygens (including phenoxy) is 1. The normalized spacial score (nSPS) is 23.3. The van der Waals surface area contributed by atoms with Gasteiger partial charge in [0.15, 0.2) is 6.10 Å². The van der Waals surface area contributed by atoms with E-state index in [1.165, 1.54) is 0 Å². The Bertz CT molecular complexity index is 397. The number of hydrogen-bond donors (Lipinski definition) is 1. The summed E-state index contributed by atoms with van der Waals surface area (Å²) < 4.78 is 42.3. The molecule has 1 aliphatic heterocycles. The molecular weight excluding hydrogens is 259 g/mol. The first-order valence-electron chi connectivity index (χ1n) is 6.09. The maximum Gasteiger partial charge on any atom is 0.416 e. The lowest BCUT2D eigenvalue weighted by Gasteiger charge is -2.35. The van der Waals surface area contributed by atoms with Crippen molar-refractivity contribution in [1.82, 2.24) is 4.90 Å². The maximum atomic E-state index is 12.4. The minimum atomic E-state index is -4.64. The van der Waals surface area contributed by atoms with Crippen LogP contribution in [0.15, 0.2) is 30.3 Å². The molecule has 1 aromatic rings. The number of aliphatic hydroxyl groups excluding tert-OH is 1. The molecule has 0 bridgehead atoms. The van der Waals surface area contributed by atoms with Crippen molar-refractivity contribution in [3.63, 3.8) is 0 Å². The van der Waals surface area contributed by atoms with Gasteiger partial charge >= 0.3 is 6.18 Å². The highest BCUT2D eigenvalue weighted by Crippen LogP contribution is 2.26. The van der Waals surface area contributed by atoms with Crippen LogP contribution in [-0.4, -0.2) is 48.1 Å². The van der Waals surface area contributed by atoms with E-state index in [1.807, 2.05) is 35.2 Å². The van der Waals surface area contributed by atoms with Crippen LogP contribution < -0.4 is 0 Å². The van der Waals surface area contributed by atoms with Crippen molar-refractivity contribution in [2.24, 2.45) is 0 Å². The second-order valence-electron chi connectivity index (χ2n) is 4.62. The van der Waals surface area contributed by atoms with Crippen LogP contribution in [0.3, 0.4) is 0 Å². The molecule has 0 saturated carbocycles. The van der Waals surface area contributed by atoms with Gasteiger partial charge < -0.3 is 9.84 Å². The SMILES string of the molecule is O[C@H](C1CN(Cc2ccccc2)CCO1)C(F)(F)F. The third-order valence-electron chi connectivity index (χ3n) is 3.11. The van der Waals surface area contributed by atoms with Crippen molar-refractivity contribution in [2.75, 3.05) is 19.7 Å². The van der Waals surface area contributed by atoms with Crippen molar-refractivity contribution < 1.29 is 23.0 Å². The summed E-state index contributed by atoms with van der Waals surface area (Å²) in [6.07, 6.45) is -8.27. The van der Waals surface area contributed by atoms with Crippen molar-refractivity contribution >= 4 is 0 Å². The van der Waals surface area contributed by atoms with E-state index in [2.05, 4.69) is 0 Å². The summed E-state index contributed by atoms with van der Waals surface area (Å²) in [5.41, 5.74) is 1.03. The molecule has 0 spiro atoms. The number of rotatable bonds is 3. The first kappa shape index (κ1) is 14.3. The Morgan fingerprint density at radius 3 is 2.63 bits per heavy atom. The zero-order chi connectivity index (χ0) is 13.9. The molecule has 0 amide bonds. The summed E-state index contributed by atoms with van der Waals surface area (Å²) in [4.78, 5) is 1.86. The number of hydrogen-bond acceptors (Lipinski definition) is 3. The second-order valence-corrected chi connectivity index (χ2v) is 4.62. The molecule has 106 valence electrons. The van der Waals surface area contributed by atoms with Gasteiger partial charge in [0.1, 0.15) is 6.10 Å². The van der Waals surface area contributed by atoms with E-state index in [0.717, 1.165) is 5.56 Å². The fourth-order valence-electron chi connectivity index (χ4n) is 2.12. The lowest BCUT2D eigenvalue weighted by atomic mass is 10.1. The Kier molecular flexibility index (Phi) is 4.44. The monoisotopic (exact) mass is 275 g/mol. The van der Waals surface area contributed by atoms with Crippen LogP contribution in [0, 0.1) is 0 Å². The van der Waals surface area contributed by atoms with E-state index in [4.69, 9.17) is 4.74 Å². The molecule has 0 radical (unpaired) electrons. The summed E-state index contributed by atoms with van der Waals surface area (Å²) in [5, 5.41) is 9.22. The fourth-order valence-corrected chi connectivity index (χ4v) is 2.12. The molecule has 1 fully saturated rings. The van der Waals surface area contributed by atoms with Crippen LogP contribution >= 0.6 is 0 Å². The standard InChI is InChI=1S/C13H16F3NO2/c14-13(15,16)12(18)11-9-17(6-7-19-11)8-10-4-2-1-3-5-10/h1-5,11-12,18H,6-9H2/t11?,12-/m1/s1. The van der Waals surface area contributed by atoms with Gasteiger partial charge in [0, 0.05) is 19.6 Å². The van der Waals surface area contributed by atoms with Crippen LogP contribution in [0.1, 0.15) is 5.56 Å². The Morgan fingerprint density at radius 1 is 1.32 bits per heavy atom. The highest BCUT2D eigenvalue weighted by atomic mass is 19.4. The lowest BCUT2D eigenvalue weighted by Crippen LogP contribution is -2.51. The molecular formula is C13H16F3NO2. The number of benzene rings is 1. The number of alkyl halides is 3. The smallest absolute Gasteiger partial charge is 0.381 e. The van der Waals surface area contributed by atoms with Crippen LogP contribution in [0.5, 0.6) is 0 Å². The zero-order valence-corrected chi connectivity index (χ0v) is 10.3. The van der Waals surface area contributed by atoms with Gasteiger partial charge in [-0.25, -0.2) is 0 Å². The van der Waals surface area contributed by atoms with Crippen molar-refractivity contribution in [3.8, 4) is 0 Å². The van der Waals surface area contributed by atoms with Gasteiger partial charge in [-0.05, 0) is 5.56 Å². The van der Waals surface area contributed by atoms with E-state index in [-0.39, 0.29) is 13.2 Å². The maximum absolute atomic E-state index is 12.4. The largest absolute Gasteiger partial charge is 0.416 e. The highest BCUT2D eigenvalue weighted by molar-refractivity contribution is 5.14. The van der Waals surface area contributed by atoms with Crippen LogP contribution in [-0.2, 0) is 11.3 Å². The molecule has 1 N–H and O–H groups in total. The highest BCUT2D eigenvalue weighted by Gasteiger charge is 2.45. The van der Waals surface area contributed by atoms with E-state index in [0.29, 0.717) is 13.1 Å². The number of morpholine rings is 1. The molecule has 0 aliphatic carbocycles. The number of nitrogens with zero attached hydrogens (tertiary/aromatic N) is 1. The van der Waals surface area contributed by atoms with Gasteiger partial charge in [-0.3, -0.25) is 4.90 Å². The van der Waals surface area contributed by atoms with Gasteiger partial charge in [0.2, 0.25) is 0 Å². The molecule has 1 saturated heterocycles. The summed E-state index contributed by atoms with van der Waals surface area (Å²) in [6.45, 7) is 1.40. The first-order chi connectivity index (χ1) is 8.97. The van der Waals surface area contributed by atoms with E-state index in [1.54, 1.807) is 0 Å². The average Bonchev–Trinajstić information content (AvgIpc) is 2.38. The molecule has 2 rings (SSSR count). The number of aliphatic hydroxyl groups is 1. The van der Waals surface area contributed by atoms with Crippen LogP contribution in [0.25, 0.3) is 0 Å². The minimum Gasteiger partial charge on any atom is -0.381 e. The van der Waals surface area contributed by atoms with Crippen LogP contribution in [0.2, 0.25) is 0 Å². The molecule has 1 unspecified atom stereocenters. The van der Waals surface area contributed by atoms with Gasteiger partial charge in [-0.15, -0.1) is 0 Å². The second kappa shape index (κ2) is 5.90. The lowest BCUT2D eigenvalue weighted by molar-refractivity contribution is -0.245.